The summed E-state index contributed by atoms with van der Waals surface area (Å²) in [6.45, 7) is 2.40. The smallest absolute Gasteiger partial charge is 0.256 e. The van der Waals surface area contributed by atoms with E-state index in [1.165, 1.54) is 6.07 Å². The first-order valence-corrected chi connectivity index (χ1v) is 6.55. The molecule has 1 atom stereocenters. The van der Waals surface area contributed by atoms with Crippen LogP contribution in [0.3, 0.4) is 0 Å². The van der Waals surface area contributed by atoms with Crippen LogP contribution in [0.2, 0.25) is 0 Å². The molecule has 1 aliphatic rings. The van der Waals surface area contributed by atoms with Crippen molar-refractivity contribution in [2.24, 2.45) is 0 Å². The van der Waals surface area contributed by atoms with E-state index < -0.39 is 5.82 Å². The van der Waals surface area contributed by atoms with Gasteiger partial charge in [0.05, 0.1) is 17.3 Å². The van der Waals surface area contributed by atoms with E-state index in [0.29, 0.717) is 12.2 Å². The van der Waals surface area contributed by atoms with Crippen LogP contribution in [-0.4, -0.2) is 12.5 Å². The number of rotatable bonds is 1. The number of fused-ring (bicyclic) bond motifs is 1. The molecule has 2 aromatic carbocycles. The highest BCUT2D eigenvalue weighted by Crippen LogP contribution is 2.28. The lowest BCUT2D eigenvalue weighted by Gasteiger charge is -2.16. The van der Waals surface area contributed by atoms with Crippen LogP contribution < -0.4 is 10.6 Å². The van der Waals surface area contributed by atoms with Crippen molar-refractivity contribution in [3.05, 3.63) is 65.0 Å². The largest absolute Gasteiger partial charge is 0.382 e. The van der Waals surface area contributed by atoms with Crippen molar-refractivity contribution in [3.8, 4) is 0 Å². The Morgan fingerprint density at radius 3 is 2.65 bits per heavy atom. The summed E-state index contributed by atoms with van der Waals surface area (Å²) in [5.41, 5.74) is 2.55. The van der Waals surface area contributed by atoms with Crippen LogP contribution >= 0.6 is 0 Å². The molecule has 0 spiro atoms. The van der Waals surface area contributed by atoms with Gasteiger partial charge in [-0.15, -0.1) is 0 Å². The van der Waals surface area contributed by atoms with Gasteiger partial charge in [0.1, 0.15) is 5.82 Å². The second-order valence-electron chi connectivity index (χ2n) is 4.93. The third kappa shape index (κ3) is 2.13. The van der Waals surface area contributed by atoms with Gasteiger partial charge in [-0.3, -0.25) is 4.79 Å². The van der Waals surface area contributed by atoms with E-state index in [1.807, 2.05) is 37.3 Å². The third-order valence-corrected chi connectivity index (χ3v) is 3.58. The van der Waals surface area contributed by atoms with Crippen LogP contribution in [0.15, 0.2) is 42.5 Å². The molecule has 2 aromatic rings. The second-order valence-corrected chi connectivity index (χ2v) is 4.93. The predicted octanol–water partition coefficient (Wildman–Crippen LogP) is 3.03. The van der Waals surface area contributed by atoms with Gasteiger partial charge in [-0.05, 0) is 24.1 Å². The van der Waals surface area contributed by atoms with Gasteiger partial charge < -0.3 is 10.6 Å². The topological polar surface area (TPSA) is 41.1 Å². The summed E-state index contributed by atoms with van der Waals surface area (Å²) in [4.78, 5) is 12.3. The zero-order valence-corrected chi connectivity index (χ0v) is 11.1. The fourth-order valence-corrected chi connectivity index (χ4v) is 2.50. The van der Waals surface area contributed by atoms with Crippen LogP contribution in [-0.2, 0) is 0 Å². The minimum atomic E-state index is -0.496. The van der Waals surface area contributed by atoms with Crippen LogP contribution in [0.4, 0.5) is 10.1 Å². The molecule has 0 saturated heterocycles. The Morgan fingerprint density at radius 1 is 1.15 bits per heavy atom. The number of amides is 1. The van der Waals surface area contributed by atoms with E-state index in [1.54, 1.807) is 6.07 Å². The molecule has 0 fully saturated rings. The molecule has 0 aliphatic carbocycles. The molecule has 2 N–H and O–H groups in total. The lowest BCUT2D eigenvalue weighted by Crippen LogP contribution is -2.30. The number of halogens is 1. The van der Waals surface area contributed by atoms with Crippen molar-refractivity contribution in [1.82, 2.24) is 5.32 Å². The molecule has 4 heteroatoms. The molecular formula is C16H15FN2O. The summed E-state index contributed by atoms with van der Waals surface area (Å²) in [7, 11) is 0. The number of hydrogen-bond acceptors (Lipinski definition) is 2. The molecule has 3 nitrogen and oxygen atoms in total. The van der Waals surface area contributed by atoms with Gasteiger partial charge in [0.25, 0.3) is 5.91 Å². The van der Waals surface area contributed by atoms with Crippen LogP contribution in [0.25, 0.3) is 0 Å². The zero-order chi connectivity index (χ0) is 14.1. The highest BCUT2D eigenvalue weighted by Gasteiger charge is 2.26. The van der Waals surface area contributed by atoms with E-state index in [2.05, 4.69) is 10.6 Å². The summed E-state index contributed by atoms with van der Waals surface area (Å²) in [5.74, 6) is -0.871. The lowest BCUT2D eigenvalue weighted by atomic mass is 10.1. The van der Waals surface area contributed by atoms with Crippen molar-refractivity contribution >= 4 is 11.6 Å². The normalized spacial score (nSPS) is 17.7. The van der Waals surface area contributed by atoms with Crippen LogP contribution in [0.1, 0.15) is 27.5 Å². The highest BCUT2D eigenvalue weighted by molar-refractivity contribution is 6.01. The molecule has 1 aliphatic heterocycles. The maximum Gasteiger partial charge on any atom is 0.256 e. The lowest BCUT2D eigenvalue weighted by molar-refractivity contribution is 0.0938. The van der Waals surface area contributed by atoms with E-state index >= 15 is 0 Å². The summed E-state index contributed by atoms with van der Waals surface area (Å²) in [6.07, 6.45) is 0. The van der Waals surface area contributed by atoms with Gasteiger partial charge in [-0.2, -0.15) is 0 Å². The Bertz CT molecular complexity index is 655. The summed E-state index contributed by atoms with van der Waals surface area (Å²) < 4.78 is 13.9. The first-order valence-electron chi connectivity index (χ1n) is 6.55. The maximum absolute atomic E-state index is 13.9. The zero-order valence-electron chi connectivity index (χ0n) is 11.1. The molecule has 20 heavy (non-hydrogen) atoms. The number of hydrogen-bond donors (Lipinski definition) is 2. The highest BCUT2D eigenvalue weighted by atomic mass is 19.1. The molecule has 0 saturated carbocycles. The van der Waals surface area contributed by atoms with Gasteiger partial charge >= 0.3 is 0 Å². The Hall–Kier alpha value is -2.36. The van der Waals surface area contributed by atoms with E-state index in [-0.39, 0.29) is 17.5 Å². The molecule has 0 bridgehead atoms. The monoisotopic (exact) mass is 270 g/mol. The Kier molecular flexibility index (Phi) is 3.14. The van der Waals surface area contributed by atoms with Crippen LogP contribution in [0.5, 0.6) is 0 Å². The Morgan fingerprint density at radius 2 is 1.90 bits per heavy atom. The number of aryl methyl sites for hydroxylation is 1. The van der Waals surface area contributed by atoms with E-state index in [9.17, 15) is 9.18 Å². The molecule has 102 valence electrons. The molecule has 1 unspecified atom stereocenters. The minimum absolute atomic E-state index is 0.100. The first-order chi connectivity index (χ1) is 9.66. The Balaban J connectivity index is 1.99. The minimum Gasteiger partial charge on any atom is -0.382 e. The van der Waals surface area contributed by atoms with Gasteiger partial charge in [0.15, 0.2) is 0 Å². The quantitative estimate of drug-likeness (QED) is 0.836. The predicted molar refractivity (Wildman–Crippen MR) is 76.3 cm³/mol. The third-order valence-electron chi connectivity index (χ3n) is 3.58. The fraction of sp³-hybridized carbons (Fsp3) is 0.188. The van der Waals surface area contributed by atoms with Crippen molar-refractivity contribution in [2.45, 2.75) is 13.0 Å². The van der Waals surface area contributed by atoms with Crippen LogP contribution in [0, 0.1) is 12.7 Å². The van der Waals surface area contributed by atoms with E-state index in [4.69, 9.17) is 0 Å². The average Bonchev–Trinajstić information content (AvgIpc) is 2.64. The average molecular weight is 270 g/mol. The number of anilines is 1. The number of carbonyl (C=O) groups is 1. The Labute approximate surface area is 116 Å². The second kappa shape index (κ2) is 4.96. The van der Waals surface area contributed by atoms with E-state index in [0.717, 1.165) is 11.1 Å². The maximum atomic E-state index is 13.9. The molecule has 1 heterocycles. The van der Waals surface area contributed by atoms with Crippen molar-refractivity contribution in [2.75, 3.05) is 11.9 Å². The van der Waals surface area contributed by atoms with Gasteiger partial charge in [-0.1, -0.05) is 36.4 Å². The molecule has 3 rings (SSSR count). The fourth-order valence-electron chi connectivity index (χ4n) is 2.50. The molecular weight excluding hydrogens is 255 g/mol. The first kappa shape index (κ1) is 12.7. The van der Waals surface area contributed by atoms with Crippen molar-refractivity contribution in [1.29, 1.82) is 0 Å². The van der Waals surface area contributed by atoms with Crippen molar-refractivity contribution in [3.63, 3.8) is 0 Å². The number of benzene rings is 2. The number of carbonyl (C=O) groups excluding carboxylic acids is 1. The number of nitrogens with one attached hydrogen (secondary N) is 2. The van der Waals surface area contributed by atoms with Gasteiger partial charge in [0, 0.05) is 6.54 Å². The summed E-state index contributed by atoms with van der Waals surface area (Å²) >= 11 is 0. The standard InChI is InChI=1S/C16H15FN2O/c1-10-7-8-12(17)14-15(10)18-9-13(19-16(14)20)11-5-3-2-4-6-11/h2-8,13,18H,9H2,1H3,(H,19,20). The van der Waals surface area contributed by atoms with Gasteiger partial charge in [0.2, 0.25) is 0 Å². The molecule has 1 amide bonds. The van der Waals surface area contributed by atoms with Crippen molar-refractivity contribution < 1.29 is 9.18 Å². The SMILES string of the molecule is Cc1ccc(F)c2c1NCC(c1ccccc1)NC2=O. The summed E-state index contributed by atoms with van der Waals surface area (Å²) in [5, 5.41) is 6.07. The molecule has 0 radical (unpaired) electrons. The van der Waals surface area contributed by atoms with Gasteiger partial charge in [-0.25, -0.2) is 4.39 Å². The molecule has 0 aromatic heterocycles. The summed E-state index contributed by atoms with van der Waals surface area (Å²) in [6, 6.07) is 12.5.